The lowest BCUT2D eigenvalue weighted by molar-refractivity contribution is 0.132. The summed E-state index contributed by atoms with van der Waals surface area (Å²) in [7, 11) is -3.53. The van der Waals surface area contributed by atoms with Crippen LogP contribution in [0.1, 0.15) is 31.2 Å². The summed E-state index contributed by atoms with van der Waals surface area (Å²) in [6.07, 6.45) is 5.58. The van der Waals surface area contributed by atoms with E-state index in [1.807, 2.05) is 0 Å². The Morgan fingerprint density at radius 3 is 2.54 bits per heavy atom. The van der Waals surface area contributed by atoms with Gasteiger partial charge in [0.25, 0.3) is 0 Å². The lowest BCUT2D eigenvalue weighted by atomic mass is 9.94. The molecule has 0 amide bonds. The number of aromatic nitrogens is 2. The maximum Gasteiger partial charge on any atom is 0.316 e. The van der Waals surface area contributed by atoms with Crippen molar-refractivity contribution in [2.75, 3.05) is 0 Å². The Bertz CT molecular complexity index is 841. The zero-order chi connectivity index (χ0) is 18.6. The number of benzene rings is 1. The Morgan fingerprint density at radius 2 is 1.88 bits per heavy atom. The Morgan fingerprint density at radius 1 is 1.19 bits per heavy atom. The predicted octanol–water partition coefficient (Wildman–Crippen LogP) is 3.08. The van der Waals surface area contributed by atoms with E-state index < -0.39 is 15.8 Å². The van der Waals surface area contributed by atoms with Crippen LogP contribution in [0.3, 0.4) is 0 Å². The molecule has 1 aromatic carbocycles. The molecule has 2 aromatic rings. The zero-order valence-electron chi connectivity index (χ0n) is 13.9. The fraction of sp³-hybridized carbons (Fsp3) is 0.412. The van der Waals surface area contributed by atoms with Crippen LogP contribution in [-0.4, -0.2) is 30.5 Å². The van der Waals surface area contributed by atoms with E-state index in [1.165, 1.54) is 30.6 Å². The first-order valence-corrected chi connectivity index (χ1v) is 10.3. The highest BCUT2D eigenvalue weighted by molar-refractivity contribution is 7.88. The third kappa shape index (κ3) is 5.62. The van der Waals surface area contributed by atoms with E-state index in [4.69, 9.17) is 16.3 Å². The van der Waals surface area contributed by atoms with E-state index in [2.05, 4.69) is 14.7 Å². The molecule has 1 saturated carbocycles. The fourth-order valence-electron chi connectivity index (χ4n) is 2.95. The SMILES string of the molecule is O=S(=O)(Cc1cccc(F)c1)NC1CCC(Oc2ncc(Cl)cn2)CC1. The van der Waals surface area contributed by atoms with E-state index in [9.17, 15) is 12.8 Å². The Labute approximate surface area is 156 Å². The summed E-state index contributed by atoms with van der Waals surface area (Å²) in [6.45, 7) is 0. The van der Waals surface area contributed by atoms with Crippen molar-refractivity contribution in [3.8, 4) is 6.01 Å². The van der Waals surface area contributed by atoms with E-state index >= 15 is 0 Å². The number of sulfonamides is 1. The van der Waals surface area contributed by atoms with Gasteiger partial charge in [-0.2, -0.15) is 0 Å². The molecule has 140 valence electrons. The minimum atomic E-state index is -3.53. The van der Waals surface area contributed by atoms with Crippen molar-refractivity contribution < 1.29 is 17.5 Å². The lowest BCUT2D eigenvalue weighted by Crippen LogP contribution is -2.40. The minimum Gasteiger partial charge on any atom is -0.460 e. The van der Waals surface area contributed by atoms with Crippen LogP contribution in [-0.2, 0) is 15.8 Å². The highest BCUT2D eigenvalue weighted by atomic mass is 35.5. The third-order valence-corrected chi connectivity index (χ3v) is 5.74. The summed E-state index contributed by atoms with van der Waals surface area (Å²) in [5.41, 5.74) is 0.425. The zero-order valence-corrected chi connectivity index (χ0v) is 15.5. The largest absolute Gasteiger partial charge is 0.460 e. The van der Waals surface area contributed by atoms with Crippen molar-refractivity contribution in [2.24, 2.45) is 0 Å². The van der Waals surface area contributed by atoms with Gasteiger partial charge in [-0.15, -0.1) is 0 Å². The summed E-state index contributed by atoms with van der Waals surface area (Å²) >= 11 is 5.74. The van der Waals surface area contributed by atoms with Gasteiger partial charge in [0.2, 0.25) is 10.0 Å². The molecule has 3 rings (SSSR count). The molecular formula is C17H19ClFN3O3S. The lowest BCUT2D eigenvalue weighted by Gasteiger charge is -2.28. The van der Waals surface area contributed by atoms with Crippen molar-refractivity contribution in [1.29, 1.82) is 0 Å². The molecule has 9 heteroatoms. The van der Waals surface area contributed by atoms with Crippen LogP contribution in [0, 0.1) is 5.82 Å². The normalized spacial score (nSPS) is 20.7. The monoisotopic (exact) mass is 399 g/mol. The molecule has 1 aliphatic rings. The molecule has 1 aliphatic carbocycles. The molecule has 26 heavy (non-hydrogen) atoms. The molecule has 0 radical (unpaired) electrons. The second-order valence-corrected chi connectivity index (χ2v) is 8.47. The van der Waals surface area contributed by atoms with Gasteiger partial charge < -0.3 is 4.74 Å². The van der Waals surface area contributed by atoms with Crippen LogP contribution in [0.15, 0.2) is 36.7 Å². The summed E-state index contributed by atoms with van der Waals surface area (Å²) in [5, 5.41) is 0.439. The van der Waals surface area contributed by atoms with Gasteiger partial charge in [-0.25, -0.2) is 27.5 Å². The molecule has 0 spiro atoms. The maximum absolute atomic E-state index is 13.2. The van der Waals surface area contributed by atoms with Crippen molar-refractivity contribution in [3.05, 3.63) is 53.1 Å². The molecule has 1 heterocycles. The van der Waals surface area contributed by atoms with Crippen molar-refractivity contribution in [1.82, 2.24) is 14.7 Å². The molecule has 1 aromatic heterocycles. The molecule has 6 nitrogen and oxygen atoms in total. The summed E-state index contributed by atoms with van der Waals surface area (Å²) < 4.78 is 46.2. The second kappa shape index (κ2) is 8.28. The van der Waals surface area contributed by atoms with Gasteiger partial charge in [-0.05, 0) is 43.4 Å². The first-order chi connectivity index (χ1) is 12.4. The predicted molar refractivity (Wildman–Crippen MR) is 95.9 cm³/mol. The number of hydrogen-bond donors (Lipinski definition) is 1. The third-order valence-electron chi connectivity index (χ3n) is 4.13. The van der Waals surface area contributed by atoms with Crippen LogP contribution in [0.25, 0.3) is 0 Å². The Kier molecular flexibility index (Phi) is 6.05. The van der Waals surface area contributed by atoms with Crippen molar-refractivity contribution in [3.63, 3.8) is 0 Å². The van der Waals surface area contributed by atoms with Crippen LogP contribution in [0.4, 0.5) is 4.39 Å². The highest BCUT2D eigenvalue weighted by Gasteiger charge is 2.26. The second-order valence-electron chi connectivity index (χ2n) is 6.28. The van der Waals surface area contributed by atoms with Gasteiger partial charge in [0, 0.05) is 6.04 Å². The summed E-state index contributed by atoms with van der Waals surface area (Å²) in [6, 6.07) is 5.73. The first kappa shape index (κ1) is 19.0. The van der Waals surface area contributed by atoms with E-state index in [-0.39, 0.29) is 23.9 Å². The average Bonchev–Trinajstić information content (AvgIpc) is 2.58. The van der Waals surface area contributed by atoms with Crippen molar-refractivity contribution in [2.45, 2.75) is 43.6 Å². The molecule has 0 unspecified atom stereocenters. The fourth-order valence-corrected chi connectivity index (χ4v) is 4.49. The van der Waals surface area contributed by atoms with E-state index in [0.717, 1.165) is 0 Å². The molecule has 0 aliphatic heterocycles. The van der Waals surface area contributed by atoms with Gasteiger partial charge in [0.1, 0.15) is 11.9 Å². The topological polar surface area (TPSA) is 81.2 Å². The summed E-state index contributed by atoms with van der Waals surface area (Å²) in [5.74, 6) is -0.681. The molecule has 0 bridgehead atoms. The molecular weight excluding hydrogens is 381 g/mol. The number of ether oxygens (including phenoxy) is 1. The Balaban J connectivity index is 1.49. The number of nitrogens with one attached hydrogen (secondary N) is 1. The number of nitrogens with zero attached hydrogens (tertiary/aromatic N) is 2. The standard InChI is InChI=1S/C17H19ClFN3O3S/c18-13-9-20-17(21-10-13)25-16-6-4-15(5-7-16)22-26(23,24)11-12-2-1-3-14(19)8-12/h1-3,8-10,15-16,22H,4-7,11H2. The Hall–Kier alpha value is -1.77. The van der Waals surface area contributed by atoms with E-state index in [0.29, 0.717) is 36.3 Å². The number of halogens is 2. The molecule has 0 saturated heterocycles. The van der Waals surface area contributed by atoms with Crippen LogP contribution in [0.5, 0.6) is 6.01 Å². The van der Waals surface area contributed by atoms with Gasteiger partial charge in [0.05, 0.1) is 23.2 Å². The van der Waals surface area contributed by atoms with Crippen LogP contribution >= 0.6 is 11.6 Å². The summed E-state index contributed by atoms with van der Waals surface area (Å²) in [4.78, 5) is 7.99. The van der Waals surface area contributed by atoms with E-state index in [1.54, 1.807) is 6.07 Å². The first-order valence-electron chi connectivity index (χ1n) is 8.28. The van der Waals surface area contributed by atoms with Crippen LogP contribution < -0.4 is 9.46 Å². The number of rotatable bonds is 6. The average molecular weight is 400 g/mol. The minimum absolute atomic E-state index is 0.0554. The molecule has 1 fully saturated rings. The van der Waals surface area contributed by atoms with Gasteiger partial charge >= 0.3 is 6.01 Å². The van der Waals surface area contributed by atoms with Gasteiger partial charge in [0.15, 0.2) is 0 Å². The van der Waals surface area contributed by atoms with Crippen molar-refractivity contribution >= 4 is 21.6 Å². The number of hydrogen-bond acceptors (Lipinski definition) is 5. The highest BCUT2D eigenvalue weighted by Crippen LogP contribution is 2.23. The quantitative estimate of drug-likeness (QED) is 0.807. The molecule has 0 atom stereocenters. The maximum atomic E-state index is 13.2. The molecule has 1 N–H and O–H groups in total. The van der Waals surface area contributed by atoms with Gasteiger partial charge in [-0.1, -0.05) is 23.7 Å². The smallest absolute Gasteiger partial charge is 0.316 e. The van der Waals surface area contributed by atoms with Crippen LogP contribution in [0.2, 0.25) is 5.02 Å². The van der Waals surface area contributed by atoms with Gasteiger partial charge in [-0.3, -0.25) is 0 Å².